The van der Waals surface area contributed by atoms with Gasteiger partial charge in [0.05, 0.1) is 11.6 Å². The summed E-state index contributed by atoms with van der Waals surface area (Å²) in [4.78, 5) is 27.5. The minimum atomic E-state index is -0.460. The molecular formula is C27H25Cl2N3O4. The molecule has 3 aromatic carbocycles. The van der Waals surface area contributed by atoms with E-state index in [4.69, 9.17) is 32.4 Å². The summed E-state index contributed by atoms with van der Waals surface area (Å²) in [6, 6.07) is 18.2. The molecule has 4 rings (SSSR count). The molecule has 9 heteroatoms. The lowest BCUT2D eigenvalue weighted by atomic mass is 10.1. The maximum absolute atomic E-state index is 13.1. The van der Waals surface area contributed by atoms with Gasteiger partial charge in [-0.15, -0.1) is 23.2 Å². The van der Waals surface area contributed by atoms with Gasteiger partial charge in [0.25, 0.3) is 5.91 Å². The van der Waals surface area contributed by atoms with Crippen LogP contribution in [-0.2, 0) is 4.79 Å². The van der Waals surface area contributed by atoms with Crippen molar-refractivity contribution in [3.63, 3.8) is 0 Å². The number of carbonyl (C=O) groups excluding carboxylic acids is 1. The number of rotatable bonds is 10. The first kappa shape index (κ1) is 25.5. The Morgan fingerprint density at radius 3 is 2.50 bits per heavy atom. The summed E-state index contributed by atoms with van der Waals surface area (Å²) in [5.41, 5.74) is 5.80. The fourth-order valence-electron chi connectivity index (χ4n) is 3.84. The molecule has 1 aromatic heterocycles. The third-order valence-corrected chi connectivity index (χ3v) is 5.86. The number of benzene rings is 3. The zero-order chi connectivity index (χ0) is 25.5. The van der Waals surface area contributed by atoms with Crippen molar-refractivity contribution < 1.29 is 13.9 Å². The first-order valence-electron chi connectivity index (χ1n) is 11.4. The summed E-state index contributed by atoms with van der Waals surface area (Å²) >= 11 is 11.7. The van der Waals surface area contributed by atoms with E-state index in [0.29, 0.717) is 46.8 Å². The van der Waals surface area contributed by atoms with Gasteiger partial charge in [0.15, 0.2) is 6.61 Å². The van der Waals surface area contributed by atoms with Gasteiger partial charge < -0.3 is 14.1 Å². The molecule has 0 radical (unpaired) electrons. The van der Waals surface area contributed by atoms with Crippen molar-refractivity contribution in [2.24, 2.45) is 5.10 Å². The van der Waals surface area contributed by atoms with Gasteiger partial charge in [-0.3, -0.25) is 9.59 Å². The molecule has 0 saturated heterocycles. The molecule has 186 valence electrons. The lowest BCUT2D eigenvalue weighted by molar-refractivity contribution is -0.123. The number of hydrazone groups is 1. The van der Waals surface area contributed by atoms with Crippen LogP contribution < -0.4 is 20.5 Å². The quantitative estimate of drug-likeness (QED) is 0.135. The van der Waals surface area contributed by atoms with Crippen molar-refractivity contribution in [1.29, 1.82) is 0 Å². The monoisotopic (exact) mass is 525 g/mol. The second-order valence-electron chi connectivity index (χ2n) is 8.10. The average Bonchev–Trinajstić information content (AvgIpc) is 2.87. The molecule has 0 saturated carbocycles. The zero-order valence-electron chi connectivity index (χ0n) is 19.7. The number of hydrogen-bond donors (Lipinski definition) is 1. The van der Waals surface area contributed by atoms with E-state index < -0.39 is 5.91 Å². The highest BCUT2D eigenvalue weighted by atomic mass is 35.5. The van der Waals surface area contributed by atoms with Crippen LogP contribution in [0.1, 0.15) is 11.1 Å². The summed E-state index contributed by atoms with van der Waals surface area (Å²) in [5.74, 6) is 0.845. The number of hydrogen-bond acceptors (Lipinski definition) is 6. The lowest BCUT2D eigenvalue weighted by Gasteiger charge is -2.22. The second-order valence-corrected chi connectivity index (χ2v) is 8.86. The van der Waals surface area contributed by atoms with Crippen LogP contribution in [0.2, 0.25) is 0 Å². The summed E-state index contributed by atoms with van der Waals surface area (Å²) in [7, 11) is 0. The van der Waals surface area contributed by atoms with Crippen LogP contribution in [-0.4, -0.2) is 43.6 Å². The second kappa shape index (κ2) is 11.9. The smallest absolute Gasteiger partial charge is 0.277 e. The molecule has 0 atom stereocenters. The van der Waals surface area contributed by atoms with Crippen LogP contribution in [0.25, 0.3) is 21.9 Å². The molecule has 1 amide bonds. The largest absolute Gasteiger partial charge is 0.483 e. The summed E-state index contributed by atoms with van der Waals surface area (Å²) in [6.45, 7) is 2.95. The maximum Gasteiger partial charge on any atom is 0.277 e. The fourth-order valence-corrected chi connectivity index (χ4v) is 4.24. The van der Waals surface area contributed by atoms with Crippen LogP contribution >= 0.6 is 23.2 Å². The molecule has 7 nitrogen and oxygen atoms in total. The molecule has 0 bridgehead atoms. The predicted molar refractivity (Wildman–Crippen MR) is 146 cm³/mol. The zero-order valence-corrected chi connectivity index (χ0v) is 21.2. The normalized spacial score (nSPS) is 11.3. The third-order valence-electron chi connectivity index (χ3n) is 5.52. The lowest BCUT2D eigenvalue weighted by Crippen LogP contribution is -2.27. The number of nitrogens with zero attached hydrogens (tertiary/aromatic N) is 2. The predicted octanol–water partition coefficient (Wildman–Crippen LogP) is 5.07. The van der Waals surface area contributed by atoms with Crippen molar-refractivity contribution >= 4 is 62.9 Å². The standard InChI is InChI=1S/C27H25Cl2N3O4/c1-18-14-23(26-24(15-18)36-22-5-3-2-4-21(22)27(26)34)35-17-25(33)31-30-16-19-6-8-20(9-7-19)32(12-10-28)13-11-29/h2-9,14-16H,10-13,17H2,1H3,(H,31,33)/b30-16-. The molecule has 36 heavy (non-hydrogen) atoms. The Bertz CT molecular complexity index is 1450. The van der Waals surface area contributed by atoms with Gasteiger partial charge in [-0.1, -0.05) is 24.3 Å². The number of halogens is 2. The third kappa shape index (κ3) is 5.98. The summed E-state index contributed by atoms with van der Waals surface area (Å²) in [5, 5.41) is 4.75. The Balaban J connectivity index is 1.41. The van der Waals surface area contributed by atoms with Crippen molar-refractivity contribution in [1.82, 2.24) is 5.43 Å². The topological polar surface area (TPSA) is 84.1 Å². The van der Waals surface area contributed by atoms with E-state index in [2.05, 4.69) is 15.4 Å². The van der Waals surface area contributed by atoms with Gasteiger partial charge in [0, 0.05) is 30.5 Å². The minimum absolute atomic E-state index is 0.209. The number of aryl methyl sites for hydroxylation is 1. The van der Waals surface area contributed by atoms with Crippen LogP contribution in [0, 0.1) is 6.92 Å². The molecule has 0 fully saturated rings. The Kier molecular flexibility index (Phi) is 8.46. The van der Waals surface area contributed by atoms with Crippen molar-refractivity contribution in [2.45, 2.75) is 6.92 Å². The molecule has 1 heterocycles. The van der Waals surface area contributed by atoms with Crippen molar-refractivity contribution in [3.05, 3.63) is 82.0 Å². The number of amides is 1. The van der Waals surface area contributed by atoms with Crippen molar-refractivity contribution in [2.75, 3.05) is 36.4 Å². The number of alkyl halides is 2. The SMILES string of the molecule is Cc1cc(OCC(=O)N/N=C\c2ccc(N(CCCl)CCCl)cc2)c2c(=O)c3ccccc3oc2c1. The van der Waals surface area contributed by atoms with E-state index in [9.17, 15) is 9.59 Å². The number of ether oxygens (including phenoxy) is 1. The molecule has 0 aliphatic rings. The number of carbonyl (C=O) groups is 1. The van der Waals surface area contributed by atoms with E-state index in [1.807, 2.05) is 31.2 Å². The molecule has 0 aliphatic carbocycles. The maximum atomic E-state index is 13.1. The fraction of sp³-hybridized carbons (Fsp3) is 0.222. The molecule has 0 spiro atoms. The van der Waals surface area contributed by atoms with E-state index in [1.54, 1.807) is 36.4 Å². The molecule has 4 aromatic rings. The number of anilines is 1. The Labute approximate surface area is 218 Å². The number of para-hydroxylation sites is 1. The van der Waals surface area contributed by atoms with E-state index in [-0.39, 0.29) is 17.8 Å². The Hall–Kier alpha value is -3.55. The molecule has 0 unspecified atom stereocenters. The van der Waals surface area contributed by atoms with Gasteiger partial charge in [0.1, 0.15) is 22.3 Å². The summed E-state index contributed by atoms with van der Waals surface area (Å²) in [6.07, 6.45) is 1.54. The molecular weight excluding hydrogens is 501 g/mol. The van der Waals surface area contributed by atoms with Gasteiger partial charge >= 0.3 is 0 Å². The highest BCUT2D eigenvalue weighted by Gasteiger charge is 2.14. The van der Waals surface area contributed by atoms with Crippen LogP contribution in [0.4, 0.5) is 5.69 Å². The van der Waals surface area contributed by atoms with E-state index in [0.717, 1.165) is 16.8 Å². The Morgan fingerprint density at radius 1 is 1.06 bits per heavy atom. The first-order chi connectivity index (χ1) is 17.5. The number of nitrogens with one attached hydrogen (secondary N) is 1. The van der Waals surface area contributed by atoms with Crippen molar-refractivity contribution in [3.8, 4) is 5.75 Å². The molecule has 0 aliphatic heterocycles. The van der Waals surface area contributed by atoms with Gasteiger partial charge in [-0.05, 0) is 54.4 Å². The number of fused-ring (bicyclic) bond motifs is 2. The first-order valence-corrected chi connectivity index (χ1v) is 12.4. The van der Waals surface area contributed by atoms with Gasteiger partial charge in [-0.25, -0.2) is 5.43 Å². The van der Waals surface area contributed by atoms with Crippen LogP contribution in [0.3, 0.4) is 0 Å². The highest BCUT2D eigenvalue weighted by molar-refractivity contribution is 6.18. The Morgan fingerprint density at radius 2 is 1.78 bits per heavy atom. The van der Waals surface area contributed by atoms with Gasteiger partial charge in [0.2, 0.25) is 5.43 Å². The van der Waals surface area contributed by atoms with E-state index >= 15 is 0 Å². The summed E-state index contributed by atoms with van der Waals surface area (Å²) < 4.78 is 11.6. The minimum Gasteiger partial charge on any atom is -0.483 e. The molecule has 1 N–H and O–H groups in total. The average molecular weight is 526 g/mol. The van der Waals surface area contributed by atoms with Gasteiger partial charge in [-0.2, -0.15) is 5.10 Å². The van der Waals surface area contributed by atoms with Crippen LogP contribution in [0.15, 0.2) is 75.0 Å². The van der Waals surface area contributed by atoms with E-state index in [1.165, 1.54) is 6.21 Å². The highest BCUT2D eigenvalue weighted by Crippen LogP contribution is 2.28. The van der Waals surface area contributed by atoms with Crippen LogP contribution in [0.5, 0.6) is 5.75 Å².